The highest BCUT2D eigenvalue weighted by atomic mass is 19.4. The van der Waals surface area contributed by atoms with Gasteiger partial charge in [0.1, 0.15) is 5.75 Å². The summed E-state index contributed by atoms with van der Waals surface area (Å²) in [5.74, 6) is -0.394. The van der Waals surface area contributed by atoms with Crippen molar-refractivity contribution in [3.8, 4) is 5.75 Å². The predicted octanol–water partition coefficient (Wildman–Crippen LogP) is 3.30. The Bertz CT molecular complexity index is 674. The van der Waals surface area contributed by atoms with E-state index in [4.69, 9.17) is 0 Å². The number of benzene rings is 1. The topological polar surface area (TPSA) is 42.1 Å². The smallest absolute Gasteiger partial charge is 0.406 e. The summed E-state index contributed by atoms with van der Waals surface area (Å²) in [5.41, 5.74) is 1.52. The monoisotopic (exact) mass is 271 g/mol. The molecule has 0 atom stereocenters. The number of aromatic amines is 1. The fourth-order valence-corrected chi connectivity index (χ4v) is 1.97. The number of ether oxygens (including phenoxy) is 1. The number of nitrogens with one attached hydrogen (secondary N) is 1. The van der Waals surface area contributed by atoms with Gasteiger partial charge in [0.2, 0.25) is 0 Å². The minimum atomic E-state index is -4.77. The van der Waals surface area contributed by atoms with Gasteiger partial charge < -0.3 is 9.72 Å². The summed E-state index contributed by atoms with van der Waals surface area (Å²) < 4.78 is 40.2. The molecule has 0 fully saturated rings. The molecule has 2 rings (SSSR count). The highest BCUT2D eigenvalue weighted by Crippen LogP contribution is 2.25. The van der Waals surface area contributed by atoms with E-state index >= 15 is 0 Å². The number of H-pyrrole nitrogens is 1. The van der Waals surface area contributed by atoms with Gasteiger partial charge in [-0.1, -0.05) is 6.92 Å². The molecule has 6 heteroatoms. The molecule has 0 bridgehead atoms. The van der Waals surface area contributed by atoms with Crippen molar-refractivity contribution in [2.24, 2.45) is 0 Å². The minimum Gasteiger partial charge on any atom is -0.406 e. The van der Waals surface area contributed by atoms with E-state index in [1.54, 1.807) is 6.92 Å². The first kappa shape index (κ1) is 13.5. The molecule has 102 valence electrons. The van der Waals surface area contributed by atoms with Crippen LogP contribution in [0.1, 0.15) is 18.2 Å². The minimum absolute atomic E-state index is 0.191. The molecule has 0 spiro atoms. The quantitative estimate of drug-likeness (QED) is 0.910. The molecule has 3 nitrogen and oxygen atoms in total. The fourth-order valence-electron chi connectivity index (χ4n) is 1.97. The standard InChI is InChI=1S/C13H12F3NO2/c1-3-10-7(2)12(18)9-6-8(19-13(14,15)16)4-5-11(9)17-10/h4-6H,3H2,1-2H3,(H,17,18). The summed E-state index contributed by atoms with van der Waals surface area (Å²) in [6.45, 7) is 3.54. The van der Waals surface area contributed by atoms with Crippen molar-refractivity contribution in [3.05, 3.63) is 39.7 Å². The van der Waals surface area contributed by atoms with Gasteiger partial charge in [0.25, 0.3) is 0 Å². The molecular weight excluding hydrogens is 259 g/mol. The number of fused-ring (bicyclic) bond motifs is 1. The zero-order chi connectivity index (χ0) is 14.2. The van der Waals surface area contributed by atoms with Crippen molar-refractivity contribution in [3.63, 3.8) is 0 Å². The highest BCUT2D eigenvalue weighted by Gasteiger charge is 2.31. The lowest BCUT2D eigenvalue weighted by atomic mass is 10.1. The number of aromatic nitrogens is 1. The van der Waals surface area contributed by atoms with Crippen LogP contribution in [0.15, 0.2) is 23.0 Å². The first-order valence-corrected chi connectivity index (χ1v) is 5.73. The largest absolute Gasteiger partial charge is 0.573 e. The third-order valence-electron chi connectivity index (χ3n) is 2.90. The molecule has 2 aromatic rings. The van der Waals surface area contributed by atoms with Crippen LogP contribution in [-0.2, 0) is 6.42 Å². The summed E-state index contributed by atoms with van der Waals surface area (Å²) >= 11 is 0. The Hall–Kier alpha value is -1.98. The second-order valence-electron chi connectivity index (χ2n) is 4.17. The molecule has 0 saturated heterocycles. The second-order valence-corrected chi connectivity index (χ2v) is 4.17. The number of halogens is 3. The van der Waals surface area contributed by atoms with Crippen LogP contribution in [0, 0.1) is 6.92 Å². The van der Waals surface area contributed by atoms with Crippen molar-refractivity contribution in [2.75, 3.05) is 0 Å². The highest BCUT2D eigenvalue weighted by molar-refractivity contribution is 5.81. The van der Waals surface area contributed by atoms with Crippen LogP contribution in [-0.4, -0.2) is 11.3 Å². The molecule has 1 aromatic heterocycles. The van der Waals surface area contributed by atoms with Crippen molar-refractivity contribution >= 4 is 10.9 Å². The summed E-state index contributed by atoms with van der Waals surface area (Å²) in [6.07, 6.45) is -4.11. The number of hydrogen-bond donors (Lipinski definition) is 1. The lowest BCUT2D eigenvalue weighted by Gasteiger charge is -2.10. The Balaban J connectivity index is 2.61. The maximum absolute atomic E-state index is 12.1. The van der Waals surface area contributed by atoms with Gasteiger partial charge in [-0.25, -0.2) is 0 Å². The average Bonchev–Trinajstić information content (AvgIpc) is 2.32. The lowest BCUT2D eigenvalue weighted by Crippen LogP contribution is -2.17. The number of pyridine rings is 1. The molecule has 0 aliphatic rings. The lowest BCUT2D eigenvalue weighted by molar-refractivity contribution is -0.274. The van der Waals surface area contributed by atoms with Crippen molar-refractivity contribution in [2.45, 2.75) is 26.6 Å². The van der Waals surface area contributed by atoms with Gasteiger partial charge in [-0.05, 0) is 31.5 Å². The number of aryl methyl sites for hydroxylation is 1. The van der Waals surface area contributed by atoms with E-state index in [1.165, 1.54) is 12.1 Å². The SMILES string of the molecule is CCc1[nH]c2ccc(OC(F)(F)F)cc2c(=O)c1C. The molecule has 19 heavy (non-hydrogen) atoms. The molecular formula is C13H12F3NO2. The van der Waals surface area contributed by atoms with Gasteiger partial charge in [0.15, 0.2) is 5.43 Å². The van der Waals surface area contributed by atoms with Gasteiger partial charge in [0.05, 0.1) is 0 Å². The number of alkyl halides is 3. The average molecular weight is 271 g/mol. The first-order chi connectivity index (χ1) is 8.81. The Morgan fingerprint density at radius 2 is 2.00 bits per heavy atom. The normalized spacial score (nSPS) is 11.8. The van der Waals surface area contributed by atoms with E-state index in [1.807, 2.05) is 6.92 Å². The molecule has 0 unspecified atom stereocenters. The predicted molar refractivity (Wildman–Crippen MR) is 65.4 cm³/mol. The zero-order valence-electron chi connectivity index (χ0n) is 10.4. The Morgan fingerprint density at radius 1 is 1.32 bits per heavy atom. The molecule has 0 saturated carbocycles. The van der Waals surface area contributed by atoms with E-state index in [0.717, 1.165) is 11.8 Å². The van der Waals surface area contributed by atoms with Gasteiger partial charge in [0, 0.05) is 22.2 Å². The number of hydrogen-bond acceptors (Lipinski definition) is 2. The number of rotatable bonds is 2. The summed E-state index contributed by atoms with van der Waals surface area (Å²) in [7, 11) is 0. The summed E-state index contributed by atoms with van der Waals surface area (Å²) in [5, 5.41) is 0.191. The Morgan fingerprint density at radius 3 is 2.58 bits per heavy atom. The molecule has 1 heterocycles. The van der Waals surface area contributed by atoms with E-state index in [9.17, 15) is 18.0 Å². The molecule has 1 aromatic carbocycles. The van der Waals surface area contributed by atoms with E-state index in [2.05, 4.69) is 9.72 Å². The molecule has 0 aliphatic carbocycles. The van der Waals surface area contributed by atoms with Crippen LogP contribution in [0.2, 0.25) is 0 Å². The van der Waals surface area contributed by atoms with Crippen molar-refractivity contribution in [1.82, 2.24) is 4.98 Å². The van der Waals surface area contributed by atoms with Crippen LogP contribution in [0.5, 0.6) is 5.75 Å². The van der Waals surface area contributed by atoms with Gasteiger partial charge in [-0.15, -0.1) is 13.2 Å². The van der Waals surface area contributed by atoms with Crippen LogP contribution in [0.4, 0.5) is 13.2 Å². The van der Waals surface area contributed by atoms with E-state index in [-0.39, 0.29) is 10.8 Å². The van der Waals surface area contributed by atoms with Crippen LogP contribution >= 0.6 is 0 Å². The van der Waals surface area contributed by atoms with E-state index in [0.29, 0.717) is 17.5 Å². The molecule has 0 aliphatic heterocycles. The maximum Gasteiger partial charge on any atom is 0.573 e. The third kappa shape index (κ3) is 2.72. The van der Waals surface area contributed by atoms with E-state index < -0.39 is 12.1 Å². The first-order valence-electron chi connectivity index (χ1n) is 5.73. The van der Waals surface area contributed by atoms with Crippen LogP contribution in [0.25, 0.3) is 10.9 Å². The molecule has 0 radical (unpaired) electrons. The summed E-state index contributed by atoms with van der Waals surface area (Å²) in [6, 6.07) is 3.70. The Labute approximate surface area is 107 Å². The zero-order valence-corrected chi connectivity index (χ0v) is 10.4. The Kier molecular flexibility index (Phi) is 3.26. The summed E-state index contributed by atoms with van der Waals surface area (Å²) in [4.78, 5) is 15.1. The van der Waals surface area contributed by atoms with Crippen molar-refractivity contribution < 1.29 is 17.9 Å². The van der Waals surface area contributed by atoms with Crippen molar-refractivity contribution in [1.29, 1.82) is 0 Å². The fraction of sp³-hybridized carbons (Fsp3) is 0.308. The van der Waals surface area contributed by atoms with Crippen LogP contribution < -0.4 is 10.2 Å². The molecule has 1 N–H and O–H groups in total. The second kappa shape index (κ2) is 4.60. The van der Waals surface area contributed by atoms with Gasteiger partial charge >= 0.3 is 6.36 Å². The van der Waals surface area contributed by atoms with Crippen LogP contribution in [0.3, 0.4) is 0 Å². The maximum atomic E-state index is 12.1. The molecule has 0 amide bonds. The third-order valence-corrected chi connectivity index (χ3v) is 2.90. The van der Waals surface area contributed by atoms with Gasteiger partial charge in [-0.2, -0.15) is 0 Å². The van der Waals surface area contributed by atoms with Gasteiger partial charge in [-0.3, -0.25) is 4.79 Å².